The smallest absolute Gasteiger partial charge is 0.269 e. The fourth-order valence-corrected chi connectivity index (χ4v) is 8.47. The Morgan fingerprint density at radius 1 is 0.933 bits per heavy atom. The Kier molecular flexibility index (Phi) is 6.71. The second-order valence-corrected chi connectivity index (χ2v) is 14.2. The molecule has 1 saturated heterocycles. The number of aliphatic hydroxyl groups excluding tert-OH is 1. The van der Waals surface area contributed by atoms with Gasteiger partial charge in [-0.2, -0.15) is 0 Å². The van der Waals surface area contributed by atoms with Gasteiger partial charge in [0.1, 0.15) is 6.33 Å². The number of H-pyrrole nitrogens is 1. The van der Waals surface area contributed by atoms with Crippen LogP contribution in [0.15, 0.2) is 114 Å². The van der Waals surface area contributed by atoms with Gasteiger partial charge in [0.2, 0.25) is 0 Å². The topological polar surface area (TPSA) is 102 Å². The molecule has 1 aliphatic heterocycles. The van der Waals surface area contributed by atoms with Gasteiger partial charge in [0.05, 0.1) is 16.1 Å². The highest BCUT2D eigenvalue weighted by molar-refractivity contribution is 7.93. The molecule has 2 N–H and O–H groups in total. The second-order valence-electron chi connectivity index (χ2n) is 12.4. The molecule has 226 valence electrons. The zero-order valence-electron chi connectivity index (χ0n) is 24.7. The number of aromatic amines is 1. The van der Waals surface area contributed by atoms with E-state index in [1.54, 1.807) is 36.4 Å². The highest BCUT2D eigenvalue weighted by atomic mass is 32.2. The normalized spacial score (nSPS) is 19.9. The summed E-state index contributed by atoms with van der Waals surface area (Å²) in [6.07, 6.45) is 5.58. The number of likely N-dealkylation sites (tertiary alicyclic amines) is 1. The molecule has 1 saturated carbocycles. The van der Waals surface area contributed by atoms with Gasteiger partial charge in [0.25, 0.3) is 10.0 Å². The van der Waals surface area contributed by atoms with Crippen molar-refractivity contribution in [3.8, 4) is 11.1 Å². The van der Waals surface area contributed by atoms with Crippen LogP contribution in [0.5, 0.6) is 0 Å². The largest absolute Gasteiger partial charge is 0.396 e. The number of fused-ring (bicyclic) bond motifs is 2. The molecule has 2 aromatic heterocycles. The van der Waals surface area contributed by atoms with Crippen molar-refractivity contribution in [1.82, 2.24) is 19.9 Å². The van der Waals surface area contributed by atoms with Crippen LogP contribution in [0.1, 0.15) is 18.4 Å². The number of aliphatic hydroxyl groups is 1. The van der Waals surface area contributed by atoms with Gasteiger partial charge in [-0.25, -0.2) is 22.7 Å². The summed E-state index contributed by atoms with van der Waals surface area (Å²) < 4.78 is 29.9. The van der Waals surface area contributed by atoms with Crippen molar-refractivity contribution >= 4 is 43.3 Å². The number of rotatable bonds is 8. The standard InChI is InChI=1S/C36H33N5O3S/c42-22-29-20-36(29)15-17-40(23-36)21-25-6-8-26(9-7-25)27-10-12-34-32(19-27)35(39-24-38-34)41(45(43,44)31-4-2-1-3-5-31)30-11-13-33-28(18-30)14-16-37-33/h1-14,16,18-19,24,29,37,42H,15,17,20-23H2. The average molecular weight is 616 g/mol. The summed E-state index contributed by atoms with van der Waals surface area (Å²) in [4.78, 5) is 14.9. The first-order valence-electron chi connectivity index (χ1n) is 15.3. The number of aromatic nitrogens is 3. The van der Waals surface area contributed by atoms with Crippen molar-refractivity contribution in [2.24, 2.45) is 11.3 Å². The first-order chi connectivity index (χ1) is 21.9. The maximum Gasteiger partial charge on any atom is 0.269 e. The number of hydrogen-bond acceptors (Lipinski definition) is 6. The van der Waals surface area contributed by atoms with E-state index in [-0.39, 0.29) is 4.90 Å². The molecule has 8 nitrogen and oxygen atoms in total. The highest BCUT2D eigenvalue weighted by Gasteiger charge is 2.56. The van der Waals surface area contributed by atoms with Crippen molar-refractivity contribution in [3.63, 3.8) is 0 Å². The molecule has 2 aliphatic rings. The Hall–Kier alpha value is -4.57. The lowest BCUT2D eigenvalue weighted by atomic mass is 10.0. The van der Waals surface area contributed by atoms with Crippen LogP contribution < -0.4 is 4.31 Å². The first kappa shape index (κ1) is 27.9. The molecular weight excluding hydrogens is 582 g/mol. The fourth-order valence-electron chi connectivity index (χ4n) is 6.99. The summed E-state index contributed by atoms with van der Waals surface area (Å²) in [5.41, 5.74) is 5.63. The van der Waals surface area contributed by atoms with E-state index >= 15 is 0 Å². The molecule has 1 spiro atoms. The van der Waals surface area contributed by atoms with Gasteiger partial charge in [-0.1, -0.05) is 48.5 Å². The van der Waals surface area contributed by atoms with E-state index in [1.165, 1.54) is 22.6 Å². The molecule has 9 heteroatoms. The Balaban J connectivity index is 1.16. The van der Waals surface area contributed by atoms with E-state index in [2.05, 4.69) is 44.1 Å². The molecule has 2 fully saturated rings. The SMILES string of the molecule is O=S(=O)(c1ccccc1)N(c1ccc2[nH]ccc2c1)c1ncnc2ccc(-c3ccc(CN4CCC5(CC5CO)C4)cc3)cc12. The third-order valence-corrected chi connectivity index (χ3v) is 11.3. The zero-order valence-corrected chi connectivity index (χ0v) is 25.5. The molecule has 3 heterocycles. The summed E-state index contributed by atoms with van der Waals surface area (Å²) in [6, 6.07) is 30.4. The van der Waals surface area contributed by atoms with E-state index < -0.39 is 10.0 Å². The van der Waals surface area contributed by atoms with E-state index in [9.17, 15) is 13.5 Å². The maximum atomic E-state index is 14.3. The van der Waals surface area contributed by atoms with Crippen LogP contribution in [0.3, 0.4) is 0 Å². The van der Waals surface area contributed by atoms with Crippen molar-refractivity contribution in [1.29, 1.82) is 0 Å². The average Bonchev–Trinajstić information content (AvgIpc) is 3.32. The Morgan fingerprint density at radius 2 is 1.76 bits per heavy atom. The Morgan fingerprint density at radius 3 is 2.56 bits per heavy atom. The van der Waals surface area contributed by atoms with Gasteiger partial charge in [0, 0.05) is 42.2 Å². The van der Waals surface area contributed by atoms with Gasteiger partial charge >= 0.3 is 0 Å². The molecule has 8 rings (SSSR count). The summed E-state index contributed by atoms with van der Waals surface area (Å²) in [6.45, 7) is 3.34. The molecule has 45 heavy (non-hydrogen) atoms. The zero-order chi connectivity index (χ0) is 30.6. The third kappa shape index (κ3) is 4.97. The monoisotopic (exact) mass is 615 g/mol. The van der Waals surface area contributed by atoms with Gasteiger partial charge < -0.3 is 10.1 Å². The lowest BCUT2D eigenvalue weighted by Gasteiger charge is -2.25. The number of sulfonamides is 1. The number of hydrogen-bond donors (Lipinski definition) is 2. The predicted octanol–water partition coefficient (Wildman–Crippen LogP) is 6.51. The van der Waals surface area contributed by atoms with Crippen molar-refractivity contribution in [2.75, 3.05) is 24.0 Å². The first-order valence-corrected chi connectivity index (χ1v) is 16.7. The summed E-state index contributed by atoms with van der Waals surface area (Å²) in [5, 5.41) is 11.1. The van der Waals surface area contributed by atoms with E-state index in [0.717, 1.165) is 48.1 Å². The van der Waals surface area contributed by atoms with Crippen LogP contribution in [0, 0.1) is 11.3 Å². The quantitative estimate of drug-likeness (QED) is 0.202. The molecule has 6 aromatic rings. The number of nitrogens with one attached hydrogen (secondary N) is 1. The van der Waals surface area contributed by atoms with E-state index in [1.807, 2.05) is 42.6 Å². The summed E-state index contributed by atoms with van der Waals surface area (Å²) in [5.74, 6) is 0.767. The molecule has 0 radical (unpaired) electrons. The van der Waals surface area contributed by atoms with Gasteiger partial charge in [-0.05, 0) is 95.9 Å². The summed E-state index contributed by atoms with van der Waals surface area (Å²) >= 11 is 0. The Labute approximate surface area is 262 Å². The van der Waals surface area contributed by atoms with Crippen LogP contribution in [-0.4, -0.2) is 53.1 Å². The molecular formula is C36H33N5O3S. The van der Waals surface area contributed by atoms with Crippen LogP contribution in [0.4, 0.5) is 11.5 Å². The summed E-state index contributed by atoms with van der Waals surface area (Å²) in [7, 11) is -4.04. The second kappa shape index (κ2) is 10.8. The highest BCUT2D eigenvalue weighted by Crippen LogP contribution is 2.58. The van der Waals surface area contributed by atoms with Gasteiger partial charge in [0.15, 0.2) is 5.82 Å². The van der Waals surface area contributed by atoms with Crippen LogP contribution in [0.2, 0.25) is 0 Å². The van der Waals surface area contributed by atoms with E-state index in [0.29, 0.717) is 40.3 Å². The predicted molar refractivity (Wildman–Crippen MR) is 177 cm³/mol. The van der Waals surface area contributed by atoms with Gasteiger partial charge in [-0.3, -0.25) is 4.90 Å². The third-order valence-electron chi connectivity index (χ3n) is 9.60. The molecule has 4 aromatic carbocycles. The number of anilines is 2. The number of nitrogens with zero attached hydrogens (tertiary/aromatic N) is 4. The lowest BCUT2D eigenvalue weighted by Crippen LogP contribution is -2.27. The molecule has 0 bridgehead atoms. The molecule has 0 amide bonds. The maximum absolute atomic E-state index is 14.3. The minimum Gasteiger partial charge on any atom is -0.396 e. The van der Waals surface area contributed by atoms with Crippen molar-refractivity contribution < 1.29 is 13.5 Å². The molecule has 2 unspecified atom stereocenters. The van der Waals surface area contributed by atoms with Crippen LogP contribution in [0.25, 0.3) is 32.9 Å². The van der Waals surface area contributed by atoms with Crippen molar-refractivity contribution in [3.05, 3.63) is 115 Å². The van der Waals surface area contributed by atoms with Crippen LogP contribution >= 0.6 is 0 Å². The molecule has 1 aliphatic carbocycles. The minimum atomic E-state index is -4.04. The molecule has 2 atom stereocenters. The van der Waals surface area contributed by atoms with Gasteiger partial charge in [-0.15, -0.1) is 0 Å². The van der Waals surface area contributed by atoms with Crippen molar-refractivity contribution in [2.45, 2.75) is 24.3 Å². The fraction of sp³-hybridized carbons (Fsp3) is 0.222. The number of benzene rings is 4. The Bertz CT molecular complexity index is 2130. The van der Waals surface area contributed by atoms with Crippen LogP contribution in [-0.2, 0) is 16.6 Å². The van der Waals surface area contributed by atoms with E-state index in [4.69, 9.17) is 0 Å². The lowest BCUT2D eigenvalue weighted by molar-refractivity contribution is 0.242. The minimum absolute atomic E-state index is 0.176.